The molecule has 1 rings (SSSR count). The van der Waals surface area contributed by atoms with Crippen molar-refractivity contribution < 1.29 is 32.0 Å². The highest BCUT2D eigenvalue weighted by Crippen LogP contribution is 2.34. The van der Waals surface area contributed by atoms with Crippen molar-refractivity contribution in [1.29, 1.82) is 0 Å². The Morgan fingerprint density at radius 2 is 1.04 bits per heavy atom. The summed E-state index contributed by atoms with van der Waals surface area (Å²) in [6.07, 6.45) is 37.1. The number of aliphatic carboxylic acids is 1. The Kier molecular flexibility index (Phi) is 30.8. The molecule has 1 N–H and O–H groups in total. The van der Waals surface area contributed by atoms with Gasteiger partial charge in [0.05, 0.1) is 0 Å². The molecular formula is C42H77IO7. The maximum absolute atomic E-state index is 12.7. The van der Waals surface area contributed by atoms with E-state index in [-0.39, 0.29) is 25.2 Å². The first kappa shape index (κ1) is 47.1. The molecule has 1 aliphatic heterocycles. The second-order valence-corrected chi connectivity index (χ2v) is 16.0. The number of carbonyl (C=O) groups excluding carboxylic acids is 2. The molecule has 50 heavy (non-hydrogen) atoms. The van der Waals surface area contributed by atoms with E-state index >= 15 is 0 Å². The summed E-state index contributed by atoms with van der Waals surface area (Å²) in [5.74, 6) is 0.350. The van der Waals surface area contributed by atoms with Crippen LogP contribution in [0.3, 0.4) is 0 Å². The molecule has 7 nitrogen and oxygen atoms in total. The molecule has 0 spiro atoms. The van der Waals surface area contributed by atoms with E-state index < -0.39 is 11.6 Å². The zero-order chi connectivity index (χ0) is 36.5. The van der Waals surface area contributed by atoms with E-state index in [1.165, 1.54) is 148 Å². The van der Waals surface area contributed by atoms with Gasteiger partial charge in [-0.2, -0.15) is 0 Å². The Labute approximate surface area is 321 Å². The third-order valence-electron chi connectivity index (χ3n) is 10.9. The third kappa shape index (κ3) is 26.0. The monoisotopic (exact) mass is 820 g/mol. The van der Waals surface area contributed by atoms with Crippen LogP contribution < -0.4 is 0 Å². The maximum Gasteiger partial charge on any atom is 0.306 e. The Balaban J connectivity index is 2.55. The zero-order valence-electron chi connectivity index (χ0n) is 32.5. The van der Waals surface area contributed by atoms with Gasteiger partial charge in [-0.15, -0.1) is 0 Å². The van der Waals surface area contributed by atoms with Gasteiger partial charge in [-0.05, 0) is 24.7 Å². The summed E-state index contributed by atoms with van der Waals surface area (Å²) >= 11 is 1.80. The molecule has 0 aliphatic carbocycles. The van der Waals surface area contributed by atoms with Gasteiger partial charge in [0.2, 0.25) is 0 Å². The van der Waals surface area contributed by atoms with E-state index in [4.69, 9.17) is 17.6 Å². The van der Waals surface area contributed by atoms with Gasteiger partial charge in [-0.1, -0.05) is 181 Å². The summed E-state index contributed by atoms with van der Waals surface area (Å²) < 4.78 is 16.3. The van der Waals surface area contributed by atoms with Gasteiger partial charge in [-0.25, -0.2) is 0 Å². The number of halogens is 1. The van der Waals surface area contributed by atoms with Gasteiger partial charge in [0.1, 0.15) is 36.2 Å². The average molecular weight is 821 g/mol. The van der Waals surface area contributed by atoms with Crippen molar-refractivity contribution in [2.24, 2.45) is 11.8 Å². The van der Waals surface area contributed by atoms with Crippen LogP contribution in [0.25, 0.3) is 0 Å². The predicted octanol–water partition coefficient (Wildman–Crippen LogP) is 13.0. The van der Waals surface area contributed by atoms with Gasteiger partial charge >= 0.3 is 17.9 Å². The summed E-state index contributed by atoms with van der Waals surface area (Å²) in [4.78, 5) is 35.1. The molecule has 0 aromatic heterocycles. The van der Waals surface area contributed by atoms with Gasteiger partial charge in [0.25, 0.3) is 0 Å². The van der Waals surface area contributed by atoms with Crippen LogP contribution in [0.2, 0.25) is 0 Å². The molecule has 0 aromatic carbocycles. The van der Waals surface area contributed by atoms with E-state index in [0.717, 1.165) is 43.9 Å². The topological polar surface area (TPSA) is 99.1 Å². The molecule has 1 fully saturated rings. The third-order valence-corrected chi connectivity index (χ3v) is 11.2. The number of unbranched alkanes of at least 4 members (excludes halogenated alkanes) is 20. The molecule has 0 amide bonds. The Morgan fingerprint density at radius 3 is 1.48 bits per heavy atom. The first-order chi connectivity index (χ1) is 24.4. The quantitative estimate of drug-likeness (QED) is 0.0378. The van der Waals surface area contributed by atoms with Crippen molar-refractivity contribution in [1.82, 2.24) is 0 Å². The number of carboxylic acid groups (broad SMARTS) is 1. The highest BCUT2D eigenvalue weighted by atomic mass is 127. The number of cyclic esters (lactones) is 1. The lowest BCUT2D eigenvalue weighted by Crippen LogP contribution is -2.39. The lowest BCUT2D eigenvalue weighted by atomic mass is 9.78. The minimum atomic E-state index is -0.834. The van der Waals surface area contributed by atoms with Crippen LogP contribution in [0.1, 0.15) is 219 Å². The average Bonchev–Trinajstić information content (AvgIpc) is 3.47. The van der Waals surface area contributed by atoms with E-state index in [1.807, 2.05) is 0 Å². The summed E-state index contributed by atoms with van der Waals surface area (Å²) in [6, 6.07) is 0. The molecule has 0 bridgehead atoms. The van der Waals surface area contributed by atoms with Crippen molar-refractivity contribution >= 4 is 40.9 Å². The van der Waals surface area contributed by atoms with Crippen molar-refractivity contribution in [2.45, 2.75) is 225 Å². The standard InChI is InChI=1S/C42H77IO7/c1-3-5-7-8-9-10-11-12-13-15-18-23-29-38(30-25-26-32-40(46)48-35-42(36-49-43)34-33-41(47)50-42)37(27-21-6-4-2)28-22-19-16-14-17-20-24-31-39(44)45/h37-38H,3-36H2,1-2H3,(H,44,45). The number of ether oxygens (including phenoxy) is 2. The number of carbonyl (C=O) groups is 3. The van der Waals surface area contributed by atoms with E-state index in [2.05, 4.69) is 13.8 Å². The molecule has 1 aliphatic rings. The highest BCUT2D eigenvalue weighted by Gasteiger charge is 2.42. The fraction of sp³-hybridized carbons (Fsp3) is 0.929. The molecule has 294 valence electrons. The summed E-state index contributed by atoms with van der Waals surface area (Å²) in [7, 11) is 0. The summed E-state index contributed by atoms with van der Waals surface area (Å²) in [5.41, 5.74) is -0.834. The maximum atomic E-state index is 12.7. The van der Waals surface area contributed by atoms with Gasteiger partial charge < -0.3 is 17.6 Å². The number of hydrogen-bond donors (Lipinski definition) is 1. The SMILES string of the molecule is CCCCCCCCCCCCCCC(CCCCC(=O)OCC1(COI)CCC(=O)O1)C(CCCCC)CCCCCCCCCC(=O)O. The van der Waals surface area contributed by atoms with Crippen LogP contribution in [-0.4, -0.2) is 41.8 Å². The molecule has 0 radical (unpaired) electrons. The first-order valence-electron chi connectivity index (χ1n) is 21.2. The summed E-state index contributed by atoms with van der Waals surface area (Å²) in [5, 5.41) is 8.85. The molecule has 3 atom stereocenters. The Hall–Kier alpha value is -0.900. The van der Waals surface area contributed by atoms with Crippen LogP contribution in [-0.2, 0) is 26.9 Å². The van der Waals surface area contributed by atoms with Crippen LogP contribution in [0.5, 0.6) is 0 Å². The van der Waals surface area contributed by atoms with Crippen LogP contribution in [0.4, 0.5) is 0 Å². The molecule has 1 saturated heterocycles. The largest absolute Gasteiger partial charge is 0.481 e. The second kappa shape index (κ2) is 32.7. The lowest BCUT2D eigenvalue weighted by molar-refractivity contribution is -0.165. The summed E-state index contributed by atoms with van der Waals surface area (Å²) in [6.45, 7) is 4.89. The minimum Gasteiger partial charge on any atom is -0.481 e. The predicted molar refractivity (Wildman–Crippen MR) is 213 cm³/mol. The van der Waals surface area contributed by atoms with Crippen molar-refractivity contribution in [2.75, 3.05) is 13.2 Å². The smallest absolute Gasteiger partial charge is 0.306 e. The van der Waals surface area contributed by atoms with Crippen molar-refractivity contribution in [3.8, 4) is 0 Å². The molecule has 0 saturated carbocycles. The van der Waals surface area contributed by atoms with E-state index in [9.17, 15) is 14.4 Å². The van der Waals surface area contributed by atoms with Crippen LogP contribution in [0.15, 0.2) is 0 Å². The van der Waals surface area contributed by atoms with E-state index in [0.29, 0.717) is 25.7 Å². The number of carboxylic acids is 1. The molecular weight excluding hydrogens is 743 g/mol. The van der Waals surface area contributed by atoms with Crippen LogP contribution >= 0.6 is 23.0 Å². The second-order valence-electron chi connectivity index (χ2n) is 15.4. The normalized spacial score (nSPS) is 17.1. The Bertz CT molecular complexity index is 837. The molecule has 0 aromatic rings. The van der Waals surface area contributed by atoms with Gasteiger partial charge in [-0.3, -0.25) is 14.4 Å². The number of rotatable bonds is 37. The number of hydrogen-bond acceptors (Lipinski definition) is 6. The zero-order valence-corrected chi connectivity index (χ0v) is 34.6. The molecule has 8 heteroatoms. The van der Waals surface area contributed by atoms with Crippen LogP contribution in [0, 0.1) is 11.8 Å². The van der Waals surface area contributed by atoms with E-state index in [1.54, 1.807) is 23.0 Å². The van der Waals surface area contributed by atoms with Crippen molar-refractivity contribution in [3.63, 3.8) is 0 Å². The van der Waals surface area contributed by atoms with Crippen molar-refractivity contribution in [3.05, 3.63) is 0 Å². The first-order valence-corrected chi connectivity index (χ1v) is 22.1. The fourth-order valence-electron chi connectivity index (χ4n) is 7.68. The minimum absolute atomic E-state index is 0.0734. The Morgan fingerprint density at radius 1 is 0.640 bits per heavy atom. The lowest BCUT2D eigenvalue weighted by Gasteiger charge is -2.28. The number of esters is 2. The highest BCUT2D eigenvalue weighted by molar-refractivity contribution is 14.1. The molecule has 3 unspecified atom stereocenters. The van der Waals surface area contributed by atoms with Gasteiger partial charge in [0.15, 0.2) is 5.60 Å². The molecule has 1 heterocycles. The van der Waals surface area contributed by atoms with Gasteiger partial charge in [0, 0.05) is 25.7 Å². The fourth-order valence-corrected chi connectivity index (χ4v) is 8.25.